The zero-order valence-electron chi connectivity index (χ0n) is 25.1. The Balaban J connectivity index is 0.00000225. The van der Waals surface area contributed by atoms with Gasteiger partial charge in [0.05, 0.1) is 24.9 Å². The summed E-state index contributed by atoms with van der Waals surface area (Å²) < 4.78 is 2.52. The number of aliphatic carboxylic acids is 2. The molecule has 0 radical (unpaired) electrons. The minimum Gasteiger partial charge on any atom is -1.00 e. The van der Waals surface area contributed by atoms with Crippen LogP contribution in [-0.2, 0) is 29.0 Å². The quantitative estimate of drug-likeness (QED) is 0.159. The highest BCUT2D eigenvalue weighted by molar-refractivity contribution is 5.80. The molecular weight excluding hydrogens is 621 g/mol. The van der Waals surface area contributed by atoms with Crippen molar-refractivity contribution in [2.45, 2.75) is 25.8 Å². The van der Waals surface area contributed by atoms with E-state index >= 15 is 0 Å². The van der Waals surface area contributed by atoms with Gasteiger partial charge in [0.25, 0.3) is 0 Å². The van der Waals surface area contributed by atoms with Crippen molar-refractivity contribution in [2.24, 2.45) is 11.8 Å². The maximum absolute atomic E-state index is 12.1. The van der Waals surface area contributed by atoms with E-state index in [2.05, 4.69) is 30.0 Å². The first-order valence-electron chi connectivity index (χ1n) is 15.0. The Bertz CT molecular complexity index is 1320. The van der Waals surface area contributed by atoms with E-state index < -0.39 is 23.8 Å². The summed E-state index contributed by atoms with van der Waals surface area (Å²) in [5.74, 6) is -4.17. The SMILES string of the molecule is [Cl-].[Cl-].[Cl-].[NH3+]CCC[N+]12CC[N+](Cc3ccc(-c4ccc(C[C@H](C(=O)O)[C@H](Cc5ccccc5)C(=O)O)cc4)cc3)(CC1)CC2. The standard InChI is InChI=1S/C34H41N3O4.3ClH/c35-15-4-16-36-17-20-37(21-18-36,22-19-36)25-28-9-13-30(14-10-28)29-11-7-27(8-12-29)24-32(34(40)41)31(33(38)39)23-26-5-2-1-3-6-26;;;/h1-3,5-14,31-32H,4,15-25,35H2;3*1H/t31-,32-,36?,37?;;;/m0.../s1. The van der Waals surface area contributed by atoms with E-state index in [-0.39, 0.29) is 50.1 Å². The Morgan fingerprint density at radius 2 is 1.02 bits per heavy atom. The topological polar surface area (TPSA) is 102 Å². The van der Waals surface area contributed by atoms with Crippen LogP contribution in [-0.4, -0.2) is 83.5 Å². The number of hydrogen-bond donors (Lipinski definition) is 3. The van der Waals surface area contributed by atoms with Gasteiger partial charge in [0, 0.05) is 12.0 Å². The molecule has 3 aromatic carbocycles. The second-order valence-corrected chi connectivity index (χ2v) is 12.3. The number of nitrogens with zero attached hydrogens (tertiary/aromatic N) is 2. The fourth-order valence-corrected chi connectivity index (χ4v) is 6.91. The van der Waals surface area contributed by atoms with Crippen molar-refractivity contribution in [2.75, 3.05) is 52.4 Å². The molecule has 3 aliphatic heterocycles. The van der Waals surface area contributed by atoms with Crippen LogP contribution in [0.2, 0.25) is 0 Å². The molecule has 5 N–H and O–H groups in total. The Labute approximate surface area is 279 Å². The lowest BCUT2D eigenvalue weighted by Gasteiger charge is -2.55. The summed E-state index contributed by atoms with van der Waals surface area (Å²) in [7, 11) is 0. The number of carboxylic acids is 2. The van der Waals surface area contributed by atoms with E-state index in [0.29, 0.717) is 0 Å². The van der Waals surface area contributed by atoms with Gasteiger partial charge in [-0.1, -0.05) is 78.9 Å². The van der Waals surface area contributed by atoms with Crippen molar-refractivity contribution in [1.82, 2.24) is 0 Å². The highest BCUT2D eigenvalue weighted by atomic mass is 35.5. The minimum atomic E-state index is -1.08. The van der Waals surface area contributed by atoms with Crippen molar-refractivity contribution in [1.29, 1.82) is 0 Å². The Hall–Kier alpha value is -2.65. The van der Waals surface area contributed by atoms with Gasteiger partial charge < -0.3 is 62.1 Å². The number of carboxylic acid groups (broad SMARTS) is 2. The maximum Gasteiger partial charge on any atom is 0.307 e. The third-order valence-electron chi connectivity index (χ3n) is 9.66. The lowest BCUT2D eigenvalue weighted by Crippen LogP contribution is -3.00. The normalized spacial score (nSPS) is 21.6. The molecule has 3 aromatic rings. The highest BCUT2D eigenvalue weighted by Gasteiger charge is 2.48. The summed E-state index contributed by atoms with van der Waals surface area (Å²) in [5.41, 5.74) is 9.27. The number of hydrogen-bond acceptors (Lipinski definition) is 2. The molecule has 2 atom stereocenters. The average molecular weight is 665 g/mol. The molecule has 3 fully saturated rings. The number of carbonyl (C=O) groups is 2. The van der Waals surface area contributed by atoms with Crippen LogP contribution in [0, 0.1) is 11.8 Å². The summed E-state index contributed by atoms with van der Waals surface area (Å²) in [6.45, 7) is 11.1. The van der Waals surface area contributed by atoms with E-state index in [9.17, 15) is 19.8 Å². The Morgan fingerprint density at radius 3 is 1.45 bits per heavy atom. The van der Waals surface area contributed by atoms with Gasteiger partial charge in [-0.3, -0.25) is 9.59 Å². The van der Waals surface area contributed by atoms with E-state index in [1.165, 1.54) is 66.8 Å². The van der Waals surface area contributed by atoms with Crippen LogP contribution in [0.25, 0.3) is 11.1 Å². The van der Waals surface area contributed by atoms with E-state index in [1.54, 1.807) is 0 Å². The molecule has 6 rings (SSSR count). The molecule has 3 saturated heterocycles. The monoisotopic (exact) mass is 663 g/mol. The van der Waals surface area contributed by atoms with Crippen LogP contribution in [0.3, 0.4) is 0 Å². The number of rotatable bonds is 13. The van der Waals surface area contributed by atoms with Crippen LogP contribution < -0.4 is 43.0 Å². The molecule has 0 unspecified atom stereocenters. The van der Waals surface area contributed by atoms with Gasteiger partial charge in [-0.2, -0.15) is 0 Å². The zero-order chi connectivity index (χ0) is 28.9. The third-order valence-corrected chi connectivity index (χ3v) is 9.66. The molecular formula is C34H44Cl3N3O4. The smallest absolute Gasteiger partial charge is 0.307 e. The minimum absolute atomic E-state index is 0. The van der Waals surface area contributed by atoms with Gasteiger partial charge in [-0.25, -0.2) is 0 Å². The van der Waals surface area contributed by atoms with Gasteiger partial charge >= 0.3 is 11.9 Å². The molecule has 0 saturated carbocycles. The van der Waals surface area contributed by atoms with E-state index in [1.807, 2.05) is 54.6 Å². The molecule has 0 aromatic heterocycles. The molecule has 7 nitrogen and oxygen atoms in total. The van der Waals surface area contributed by atoms with E-state index in [4.69, 9.17) is 0 Å². The van der Waals surface area contributed by atoms with Crippen LogP contribution in [0.1, 0.15) is 23.1 Å². The van der Waals surface area contributed by atoms with Crippen LogP contribution >= 0.6 is 0 Å². The fraction of sp³-hybridized carbons (Fsp3) is 0.412. The molecule has 2 bridgehead atoms. The number of halogens is 3. The number of benzene rings is 3. The Kier molecular flexibility index (Phi) is 14.2. The summed E-state index contributed by atoms with van der Waals surface area (Å²) in [6, 6.07) is 26.0. The van der Waals surface area contributed by atoms with Crippen molar-refractivity contribution >= 4 is 11.9 Å². The van der Waals surface area contributed by atoms with Gasteiger partial charge in [0.1, 0.15) is 45.8 Å². The second kappa shape index (κ2) is 16.6. The maximum atomic E-state index is 12.1. The summed E-state index contributed by atoms with van der Waals surface area (Å²) in [5, 5.41) is 19.8. The van der Waals surface area contributed by atoms with Crippen molar-refractivity contribution in [3.05, 3.63) is 95.6 Å². The van der Waals surface area contributed by atoms with Gasteiger partial charge in [-0.15, -0.1) is 0 Å². The first-order chi connectivity index (χ1) is 19.8. The van der Waals surface area contributed by atoms with Crippen LogP contribution in [0.5, 0.6) is 0 Å². The Morgan fingerprint density at radius 1 is 0.614 bits per heavy atom. The molecule has 0 spiro atoms. The molecule has 3 heterocycles. The van der Waals surface area contributed by atoms with Crippen LogP contribution in [0.15, 0.2) is 78.9 Å². The fourth-order valence-electron chi connectivity index (χ4n) is 6.91. The van der Waals surface area contributed by atoms with Gasteiger partial charge in [-0.05, 0) is 35.1 Å². The summed E-state index contributed by atoms with van der Waals surface area (Å²) in [4.78, 5) is 24.2. The molecule has 0 aliphatic carbocycles. The lowest BCUT2D eigenvalue weighted by atomic mass is 9.82. The van der Waals surface area contributed by atoms with E-state index in [0.717, 1.165) is 35.3 Å². The molecule has 0 amide bonds. The number of quaternary nitrogens is 3. The van der Waals surface area contributed by atoms with Gasteiger partial charge in [0.2, 0.25) is 0 Å². The molecule has 240 valence electrons. The highest BCUT2D eigenvalue weighted by Crippen LogP contribution is 2.30. The molecule has 3 aliphatic rings. The second-order valence-electron chi connectivity index (χ2n) is 12.3. The largest absolute Gasteiger partial charge is 1.00 e. The van der Waals surface area contributed by atoms with Crippen molar-refractivity contribution < 1.29 is 71.7 Å². The summed E-state index contributed by atoms with van der Waals surface area (Å²) in [6.07, 6.45) is 1.60. The number of fused-ring (bicyclic) bond motifs is 3. The lowest BCUT2D eigenvalue weighted by molar-refractivity contribution is -1.09. The van der Waals surface area contributed by atoms with Crippen LogP contribution in [0.4, 0.5) is 0 Å². The van der Waals surface area contributed by atoms with Crippen molar-refractivity contribution in [3.63, 3.8) is 0 Å². The predicted octanol–water partition coefficient (Wildman–Crippen LogP) is -5.65. The van der Waals surface area contributed by atoms with Crippen molar-refractivity contribution in [3.8, 4) is 11.1 Å². The predicted molar refractivity (Wildman–Crippen MR) is 159 cm³/mol. The summed E-state index contributed by atoms with van der Waals surface area (Å²) >= 11 is 0. The zero-order valence-corrected chi connectivity index (χ0v) is 27.4. The van der Waals surface area contributed by atoms with Gasteiger partial charge in [0.15, 0.2) is 0 Å². The average Bonchev–Trinajstić information content (AvgIpc) is 3.00. The first kappa shape index (κ1) is 37.5. The third kappa shape index (κ3) is 8.96. The first-order valence-corrected chi connectivity index (χ1v) is 15.0. The molecule has 10 heteroatoms. The number of piperazine rings is 3. The molecule has 44 heavy (non-hydrogen) atoms.